The molecule has 1 amide bonds. The van der Waals surface area contributed by atoms with Crippen molar-refractivity contribution in [3.05, 3.63) is 21.4 Å². The lowest BCUT2D eigenvalue weighted by Crippen LogP contribution is -2.35. The molecular weight excluding hydrogens is 298 g/mol. The highest BCUT2D eigenvalue weighted by Crippen LogP contribution is 2.30. The lowest BCUT2D eigenvalue weighted by Gasteiger charge is -2.19. The van der Waals surface area contributed by atoms with Gasteiger partial charge in [0.2, 0.25) is 0 Å². The molecule has 0 N–H and O–H groups in total. The zero-order chi connectivity index (χ0) is 15.4. The van der Waals surface area contributed by atoms with E-state index in [1.54, 1.807) is 0 Å². The number of carbonyl (C=O) groups excluding carboxylic acids is 2. The van der Waals surface area contributed by atoms with Crippen LogP contribution in [0.3, 0.4) is 0 Å². The molecule has 4 nitrogen and oxygen atoms in total. The van der Waals surface area contributed by atoms with E-state index in [4.69, 9.17) is 4.74 Å². The molecule has 22 heavy (non-hydrogen) atoms. The second-order valence-electron chi connectivity index (χ2n) is 6.14. The van der Waals surface area contributed by atoms with Crippen LogP contribution in [0.25, 0.3) is 0 Å². The molecule has 1 saturated heterocycles. The quantitative estimate of drug-likeness (QED) is 0.803. The first-order chi connectivity index (χ1) is 10.7. The summed E-state index contributed by atoms with van der Waals surface area (Å²) >= 11 is 1.53. The van der Waals surface area contributed by atoms with Gasteiger partial charge in [-0.25, -0.2) is 4.79 Å². The van der Waals surface area contributed by atoms with Crippen LogP contribution in [0.1, 0.15) is 58.6 Å². The number of nitrogens with zero attached hydrogens (tertiary/aromatic N) is 1. The number of carbonyl (C=O) groups is 2. The maximum absolute atomic E-state index is 12.1. The summed E-state index contributed by atoms with van der Waals surface area (Å²) in [5, 5.41) is 0. The highest BCUT2D eigenvalue weighted by atomic mass is 32.1. The number of rotatable bonds is 3. The molecule has 3 rings (SSSR count). The molecule has 0 atom stereocenters. The van der Waals surface area contributed by atoms with Gasteiger partial charge in [0, 0.05) is 18.0 Å². The lowest BCUT2D eigenvalue weighted by molar-refractivity contribution is -0.134. The number of likely N-dealkylation sites (tertiary alicyclic amines) is 1. The van der Waals surface area contributed by atoms with Crippen molar-refractivity contribution < 1.29 is 14.3 Å². The third-order valence-electron chi connectivity index (χ3n) is 4.48. The number of ether oxygens (including phenoxy) is 1. The molecule has 0 aromatic carbocycles. The Hall–Kier alpha value is -1.36. The molecule has 1 aromatic heterocycles. The molecule has 2 aliphatic rings. The first-order valence-electron chi connectivity index (χ1n) is 8.30. The van der Waals surface area contributed by atoms with Crippen molar-refractivity contribution in [3.63, 3.8) is 0 Å². The summed E-state index contributed by atoms with van der Waals surface area (Å²) in [6.45, 7) is 1.47. The van der Waals surface area contributed by atoms with Gasteiger partial charge in [-0.05, 0) is 50.2 Å². The third-order valence-corrected chi connectivity index (χ3v) is 5.70. The van der Waals surface area contributed by atoms with Crippen molar-refractivity contribution in [2.24, 2.45) is 0 Å². The zero-order valence-electron chi connectivity index (χ0n) is 12.9. The van der Waals surface area contributed by atoms with E-state index >= 15 is 0 Å². The van der Waals surface area contributed by atoms with Crippen molar-refractivity contribution in [1.29, 1.82) is 0 Å². The Morgan fingerprint density at radius 1 is 1.05 bits per heavy atom. The van der Waals surface area contributed by atoms with Crippen LogP contribution in [0, 0.1) is 0 Å². The molecule has 0 saturated carbocycles. The average molecular weight is 321 g/mol. The predicted molar refractivity (Wildman–Crippen MR) is 86.3 cm³/mol. The molecule has 1 fully saturated rings. The minimum absolute atomic E-state index is 0.0587. The predicted octanol–water partition coefficient (Wildman–Crippen LogP) is 3.19. The van der Waals surface area contributed by atoms with Gasteiger partial charge < -0.3 is 9.64 Å². The first-order valence-corrected chi connectivity index (χ1v) is 9.12. The van der Waals surface area contributed by atoms with E-state index in [0.29, 0.717) is 4.88 Å². The molecule has 1 aliphatic heterocycles. The molecule has 2 heterocycles. The summed E-state index contributed by atoms with van der Waals surface area (Å²) in [6.07, 6.45) is 9.01. The number of esters is 1. The maximum atomic E-state index is 12.1. The van der Waals surface area contributed by atoms with Gasteiger partial charge in [-0.2, -0.15) is 0 Å². The van der Waals surface area contributed by atoms with Crippen LogP contribution < -0.4 is 0 Å². The van der Waals surface area contributed by atoms with Gasteiger partial charge in [-0.1, -0.05) is 12.8 Å². The van der Waals surface area contributed by atoms with Crippen molar-refractivity contribution in [2.75, 3.05) is 19.7 Å². The van der Waals surface area contributed by atoms with E-state index < -0.39 is 0 Å². The molecule has 5 heteroatoms. The van der Waals surface area contributed by atoms with Gasteiger partial charge in [-0.3, -0.25) is 4.79 Å². The zero-order valence-corrected chi connectivity index (χ0v) is 13.8. The average Bonchev–Trinajstić information content (AvgIpc) is 2.78. The molecular formula is C17H23NO3S. The number of aryl methyl sites for hydroxylation is 2. The second kappa shape index (κ2) is 7.27. The minimum atomic E-state index is -0.345. The normalized spacial score (nSPS) is 18.5. The Bertz CT molecular complexity index is 521. The van der Waals surface area contributed by atoms with Gasteiger partial charge in [0.1, 0.15) is 4.88 Å². The third kappa shape index (κ3) is 3.69. The number of hydrogen-bond acceptors (Lipinski definition) is 4. The summed E-state index contributed by atoms with van der Waals surface area (Å²) in [5.74, 6) is -0.404. The summed E-state index contributed by atoms with van der Waals surface area (Å²) in [5.41, 5.74) is 1.29. The number of fused-ring (bicyclic) bond motifs is 1. The van der Waals surface area contributed by atoms with Crippen LogP contribution >= 0.6 is 11.3 Å². The smallest absolute Gasteiger partial charge is 0.348 e. The molecule has 0 spiro atoms. The summed E-state index contributed by atoms with van der Waals surface area (Å²) in [7, 11) is 0. The lowest BCUT2D eigenvalue weighted by atomic mass is 9.99. The number of amides is 1. The van der Waals surface area contributed by atoms with E-state index in [1.165, 1.54) is 47.5 Å². The molecule has 0 unspecified atom stereocenters. The Kier molecular flexibility index (Phi) is 5.13. The van der Waals surface area contributed by atoms with E-state index in [-0.39, 0.29) is 18.5 Å². The Morgan fingerprint density at radius 2 is 1.77 bits per heavy atom. The van der Waals surface area contributed by atoms with Crippen LogP contribution in [0.4, 0.5) is 0 Å². The Labute approximate surface area is 135 Å². The van der Waals surface area contributed by atoms with E-state index in [2.05, 4.69) is 0 Å². The number of thiophene rings is 1. The monoisotopic (exact) mass is 321 g/mol. The van der Waals surface area contributed by atoms with Crippen LogP contribution in [-0.2, 0) is 22.4 Å². The summed E-state index contributed by atoms with van der Waals surface area (Å²) in [4.78, 5) is 28.1. The van der Waals surface area contributed by atoms with E-state index in [0.717, 1.165) is 38.8 Å². The molecule has 1 aliphatic carbocycles. The molecule has 1 aromatic rings. The topological polar surface area (TPSA) is 46.6 Å². The van der Waals surface area contributed by atoms with Gasteiger partial charge in [0.05, 0.1) is 0 Å². The van der Waals surface area contributed by atoms with Gasteiger partial charge >= 0.3 is 5.97 Å². The molecule has 0 bridgehead atoms. The maximum Gasteiger partial charge on any atom is 0.348 e. The van der Waals surface area contributed by atoms with Crippen LogP contribution in [0.5, 0.6) is 0 Å². The highest BCUT2D eigenvalue weighted by Gasteiger charge is 2.21. The number of hydrogen-bond donors (Lipinski definition) is 0. The fourth-order valence-corrected chi connectivity index (χ4v) is 4.35. The fourth-order valence-electron chi connectivity index (χ4n) is 3.20. The van der Waals surface area contributed by atoms with Gasteiger partial charge in [0.15, 0.2) is 6.61 Å². The van der Waals surface area contributed by atoms with E-state index in [1.807, 2.05) is 11.0 Å². The highest BCUT2D eigenvalue weighted by molar-refractivity contribution is 7.14. The SMILES string of the molecule is O=C(OCC(=O)N1CCCCCC1)c1cc2c(s1)CCCC2. The van der Waals surface area contributed by atoms with Crippen molar-refractivity contribution in [2.45, 2.75) is 51.4 Å². The first kappa shape index (κ1) is 15.5. The molecule has 0 radical (unpaired) electrons. The second-order valence-corrected chi connectivity index (χ2v) is 7.27. The van der Waals surface area contributed by atoms with Crippen molar-refractivity contribution >= 4 is 23.2 Å². The summed E-state index contributed by atoms with van der Waals surface area (Å²) < 4.78 is 5.24. The standard InChI is InChI=1S/C17H23NO3S/c19-16(18-9-5-1-2-6-10-18)12-21-17(20)15-11-13-7-3-4-8-14(13)22-15/h11H,1-10,12H2. The minimum Gasteiger partial charge on any atom is -0.451 e. The van der Waals surface area contributed by atoms with Crippen molar-refractivity contribution in [3.8, 4) is 0 Å². The Balaban J connectivity index is 1.53. The van der Waals surface area contributed by atoms with Crippen LogP contribution in [0.15, 0.2) is 6.07 Å². The van der Waals surface area contributed by atoms with Gasteiger partial charge in [-0.15, -0.1) is 11.3 Å². The van der Waals surface area contributed by atoms with E-state index in [9.17, 15) is 9.59 Å². The van der Waals surface area contributed by atoms with Crippen molar-refractivity contribution in [1.82, 2.24) is 4.90 Å². The fraction of sp³-hybridized carbons (Fsp3) is 0.647. The van der Waals surface area contributed by atoms with Crippen LogP contribution in [0.2, 0.25) is 0 Å². The van der Waals surface area contributed by atoms with Crippen LogP contribution in [-0.4, -0.2) is 36.5 Å². The molecule has 120 valence electrons. The Morgan fingerprint density at radius 3 is 2.50 bits per heavy atom. The summed E-state index contributed by atoms with van der Waals surface area (Å²) in [6, 6.07) is 1.96. The largest absolute Gasteiger partial charge is 0.451 e. The van der Waals surface area contributed by atoms with Gasteiger partial charge in [0.25, 0.3) is 5.91 Å².